The Morgan fingerprint density at radius 1 is 1.50 bits per heavy atom. The van der Waals surface area contributed by atoms with E-state index in [2.05, 4.69) is 10.0 Å². The third kappa shape index (κ3) is 2.97. The molecule has 1 aliphatic heterocycles. The summed E-state index contributed by atoms with van der Waals surface area (Å²) in [6.45, 7) is 1.63. The molecule has 7 nitrogen and oxygen atoms in total. The third-order valence-electron chi connectivity index (χ3n) is 2.48. The van der Waals surface area contributed by atoms with Crippen molar-refractivity contribution in [1.82, 2.24) is 4.72 Å². The van der Waals surface area contributed by atoms with Crippen LogP contribution in [0.25, 0.3) is 0 Å². The Balaban J connectivity index is 2.25. The molecule has 18 heavy (non-hydrogen) atoms. The zero-order valence-electron chi connectivity index (χ0n) is 9.64. The van der Waals surface area contributed by atoms with Gasteiger partial charge in [-0.05, 0) is 24.6 Å². The number of benzene rings is 1. The number of nitrogens with two attached hydrogens (primary N) is 1. The first-order valence-electron chi connectivity index (χ1n) is 5.22. The van der Waals surface area contributed by atoms with Crippen LogP contribution in [0.5, 0.6) is 5.75 Å². The minimum absolute atomic E-state index is 0.0165. The molecule has 0 aromatic heterocycles. The van der Waals surface area contributed by atoms with Crippen LogP contribution >= 0.6 is 0 Å². The standard InChI is InChI=1S/C10H13N3O4S/c1-6(13-18(11,15)16)7-2-3-9-8(4-7)12-10(14)5-17-9/h2-4,6,13H,5H2,1H3,(H,12,14)(H2,11,15,16). The molecule has 8 heteroatoms. The van der Waals surface area contributed by atoms with Crippen molar-refractivity contribution in [2.75, 3.05) is 11.9 Å². The minimum Gasteiger partial charge on any atom is -0.482 e. The van der Waals surface area contributed by atoms with Gasteiger partial charge in [0.25, 0.3) is 16.1 Å². The number of carbonyl (C=O) groups is 1. The van der Waals surface area contributed by atoms with Gasteiger partial charge in [0.05, 0.1) is 5.69 Å². The molecule has 1 aromatic rings. The van der Waals surface area contributed by atoms with Gasteiger partial charge >= 0.3 is 0 Å². The summed E-state index contributed by atoms with van der Waals surface area (Å²) in [6, 6.07) is 4.53. The molecule has 1 aliphatic rings. The van der Waals surface area contributed by atoms with E-state index in [1.54, 1.807) is 25.1 Å². The van der Waals surface area contributed by atoms with Crippen molar-refractivity contribution < 1.29 is 17.9 Å². The van der Waals surface area contributed by atoms with Gasteiger partial charge in [-0.2, -0.15) is 13.1 Å². The molecule has 1 atom stereocenters. The van der Waals surface area contributed by atoms with Crippen LogP contribution in [-0.2, 0) is 15.0 Å². The van der Waals surface area contributed by atoms with Crippen LogP contribution in [0.15, 0.2) is 18.2 Å². The summed E-state index contributed by atoms with van der Waals surface area (Å²) >= 11 is 0. The predicted octanol–water partition coefficient (Wildman–Crippen LogP) is -0.128. The molecule has 0 radical (unpaired) electrons. The Kier molecular flexibility index (Phi) is 3.24. The largest absolute Gasteiger partial charge is 0.482 e. The molecule has 0 saturated heterocycles. The molecule has 1 amide bonds. The van der Waals surface area contributed by atoms with Gasteiger partial charge in [0, 0.05) is 6.04 Å². The minimum atomic E-state index is -3.77. The zero-order chi connectivity index (χ0) is 13.3. The topological polar surface area (TPSA) is 111 Å². The van der Waals surface area contributed by atoms with Gasteiger partial charge in [-0.1, -0.05) is 6.07 Å². The van der Waals surface area contributed by atoms with E-state index in [0.29, 0.717) is 17.0 Å². The number of anilines is 1. The molecule has 0 saturated carbocycles. The molecular weight excluding hydrogens is 258 g/mol. The van der Waals surface area contributed by atoms with Crippen LogP contribution in [0, 0.1) is 0 Å². The summed E-state index contributed by atoms with van der Waals surface area (Å²) in [6.07, 6.45) is 0. The highest BCUT2D eigenvalue weighted by Crippen LogP contribution is 2.30. The monoisotopic (exact) mass is 271 g/mol. The van der Waals surface area contributed by atoms with E-state index in [1.165, 1.54) is 0 Å². The van der Waals surface area contributed by atoms with Crippen molar-refractivity contribution >= 4 is 21.8 Å². The van der Waals surface area contributed by atoms with E-state index >= 15 is 0 Å². The van der Waals surface area contributed by atoms with E-state index in [-0.39, 0.29) is 12.5 Å². The zero-order valence-corrected chi connectivity index (χ0v) is 10.5. The lowest BCUT2D eigenvalue weighted by Gasteiger charge is -2.20. The van der Waals surface area contributed by atoms with Crippen LogP contribution in [-0.4, -0.2) is 20.9 Å². The highest BCUT2D eigenvalue weighted by molar-refractivity contribution is 7.87. The van der Waals surface area contributed by atoms with E-state index in [1.807, 2.05) is 0 Å². The van der Waals surface area contributed by atoms with Gasteiger partial charge in [-0.3, -0.25) is 4.79 Å². The fraction of sp³-hybridized carbons (Fsp3) is 0.300. The predicted molar refractivity (Wildman–Crippen MR) is 65.2 cm³/mol. The Labute approximate surface area is 104 Å². The average molecular weight is 271 g/mol. The maximum absolute atomic E-state index is 11.2. The van der Waals surface area contributed by atoms with Crippen LogP contribution in [0.2, 0.25) is 0 Å². The molecule has 0 aliphatic carbocycles. The molecule has 98 valence electrons. The van der Waals surface area contributed by atoms with Gasteiger partial charge in [-0.15, -0.1) is 0 Å². The first-order chi connectivity index (χ1) is 8.35. The summed E-state index contributed by atoms with van der Waals surface area (Å²) in [5.74, 6) is 0.313. The van der Waals surface area contributed by atoms with E-state index < -0.39 is 16.3 Å². The lowest BCUT2D eigenvalue weighted by atomic mass is 10.1. The van der Waals surface area contributed by atoms with Crippen molar-refractivity contribution in [3.63, 3.8) is 0 Å². The molecule has 0 spiro atoms. The summed E-state index contributed by atoms with van der Waals surface area (Å²) in [7, 11) is -3.77. The van der Waals surface area contributed by atoms with Crippen LogP contribution < -0.4 is 19.9 Å². The molecule has 1 aromatic carbocycles. The molecule has 0 bridgehead atoms. The van der Waals surface area contributed by atoms with Crippen molar-refractivity contribution in [3.8, 4) is 5.75 Å². The third-order valence-corrected chi connectivity index (χ3v) is 3.16. The SMILES string of the molecule is CC(NS(N)(=O)=O)c1ccc2c(c1)NC(=O)CO2. The maximum Gasteiger partial charge on any atom is 0.274 e. The average Bonchev–Trinajstić information content (AvgIpc) is 2.25. The Hall–Kier alpha value is -1.64. The highest BCUT2D eigenvalue weighted by atomic mass is 32.2. The van der Waals surface area contributed by atoms with Crippen LogP contribution in [0.4, 0.5) is 5.69 Å². The smallest absolute Gasteiger partial charge is 0.274 e. The lowest BCUT2D eigenvalue weighted by molar-refractivity contribution is -0.118. The molecule has 2 rings (SSSR count). The van der Waals surface area contributed by atoms with E-state index in [9.17, 15) is 13.2 Å². The summed E-state index contributed by atoms with van der Waals surface area (Å²) in [5, 5.41) is 7.55. The highest BCUT2D eigenvalue weighted by Gasteiger charge is 2.18. The van der Waals surface area contributed by atoms with Crippen molar-refractivity contribution in [2.45, 2.75) is 13.0 Å². The number of hydrogen-bond acceptors (Lipinski definition) is 4. The van der Waals surface area contributed by atoms with E-state index in [0.717, 1.165) is 0 Å². The number of rotatable bonds is 3. The quantitative estimate of drug-likeness (QED) is 0.711. The molecule has 0 fully saturated rings. The second-order valence-corrected chi connectivity index (χ2v) is 5.30. The second-order valence-electron chi connectivity index (χ2n) is 3.98. The van der Waals surface area contributed by atoms with E-state index in [4.69, 9.17) is 9.88 Å². The number of fused-ring (bicyclic) bond motifs is 1. The Morgan fingerprint density at radius 3 is 2.89 bits per heavy atom. The van der Waals surface area contributed by atoms with Gasteiger partial charge in [0.1, 0.15) is 5.75 Å². The first-order valence-corrected chi connectivity index (χ1v) is 6.76. The van der Waals surface area contributed by atoms with Crippen LogP contribution in [0.1, 0.15) is 18.5 Å². The Bertz CT molecular complexity index is 585. The first kappa shape index (κ1) is 12.8. The van der Waals surface area contributed by atoms with Crippen molar-refractivity contribution in [2.24, 2.45) is 5.14 Å². The summed E-state index contributed by atoms with van der Waals surface area (Å²) in [4.78, 5) is 11.2. The number of carbonyl (C=O) groups excluding carboxylic acids is 1. The van der Waals surface area contributed by atoms with Gasteiger partial charge < -0.3 is 10.1 Å². The second kappa shape index (κ2) is 4.56. The number of hydrogen-bond donors (Lipinski definition) is 3. The summed E-state index contributed by atoms with van der Waals surface area (Å²) < 4.78 is 29.3. The number of nitrogens with one attached hydrogen (secondary N) is 2. The molecule has 4 N–H and O–H groups in total. The van der Waals surface area contributed by atoms with Gasteiger partial charge in [-0.25, -0.2) is 5.14 Å². The van der Waals surface area contributed by atoms with Gasteiger partial charge in [0.15, 0.2) is 6.61 Å². The Morgan fingerprint density at radius 2 is 2.22 bits per heavy atom. The number of ether oxygens (including phenoxy) is 1. The normalized spacial score (nSPS) is 16.4. The van der Waals surface area contributed by atoms with Crippen molar-refractivity contribution in [3.05, 3.63) is 23.8 Å². The fourth-order valence-electron chi connectivity index (χ4n) is 1.68. The maximum atomic E-state index is 11.2. The number of amides is 1. The fourth-order valence-corrected chi connectivity index (χ4v) is 2.31. The lowest BCUT2D eigenvalue weighted by Crippen LogP contribution is -2.33. The molecular formula is C10H13N3O4S. The summed E-state index contributed by atoms with van der Waals surface area (Å²) in [5.41, 5.74) is 1.19. The molecule has 1 heterocycles. The van der Waals surface area contributed by atoms with Crippen molar-refractivity contribution in [1.29, 1.82) is 0 Å². The van der Waals surface area contributed by atoms with Crippen LogP contribution in [0.3, 0.4) is 0 Å². The van der Waals surface area contributed by atoms with Gasteiger partial charge in [0.2, 0.25) is 0 Å². The molecule has 1 unspecified atom stereocenters.